The van der Waals surface area contributed by atoms with E-state index in [1.807, 2.05) is 16.1 Å². The maximum Gasteiger partial charge on any atom is 0.162 e. The van der Waals surface area contributed by atoms with Gasteiger partial charge in [-0.1, -0.05) is 0 Å². The fourth-order valence-electron chi connectivity index (χ4n) is 0.379. The van der Waals surface area contributed by atoms with Crippen molar-refractivity contribution in [2.75, 3.05) is 0 Å². The molecular formula is C4H4ClNS2. The molecule has 1 nitrogen and oxygen atoms in total. The zero-order valence-corrected chi connectivity index (χ0v) is 6.39. The maximum atomic E-state index is 5.48. The highest BCUT2D eigenvalue weighted by molar-refractivity contribution is 7.73. The highest BCUT2D eigenvalue weighted by Gasteiger charge is 1.85. The normalized spacial score (nSPS) is 9.62. The molecule has 0 spiro atoms. The largest absolute Gasteiger partial charge is 0.316 e. The van der Waals surface area contributed by atoms with Crippen LogP contribution in [0.15, 0.2) is 11.6 Å². The first-order valence-corrected chi connectivity index (χ1v) is 3.87. The fraction of sp³-hybridized carbons (Fsp3) is 0.250. The Morgan fingerprint density at radius 3 is 2.88 bits per heavy atom. The molecule has 0 saturated heterocycles. The van der Waals surface area contributed by atoms with Gasteiger partial charge in [-0.3, -0.25) is 0 Å². The molecule has 1 heterocycles. The topological polar surface area (TPSA) is 4.93 Å². The van der Waals surface area contributed by atoms with Crippen LogP contribution >= 0.6 is 35.2 Å². The number of thiazole rings is 1. The molecule has 0 aromatic carbocycles. The highest BCUT2D eigenvalue weighted by atomic mass is 35.5. The molecule has 0 radical (unpaired) electrons. The Kier molecular flexibility index (Phi) is 2.05. The highest BCUT2D eigenvalue weighted by Crippen LogP contribution is 2.02. The molecule has 0 unspecified atom stereocenters. The van der Waals surface area contributed by atoms with Gasteiger partial charge in [0.2, 0.25) is 0 Å². The first-order chi connectivity index (χ1) is 3.84. The van der Waals surface area contributed by atoms with Gasteiger partial charge in [0, 0.05) is 11.6 Å². The first-order valence-electron chi connectivity index (χ1n) is 2.04. The summed E-state index contributed by atoms with van der Waals surface area (Å²) in [6, 6.07) is 0.461. The van der Waals surface area contributed by atoms with E-state index in [-0.39, 0.29) is 0 Å². The molecule has 0 aliphatic carbocycles. The standard InChI is InChI=1S/C4H4ClNS2/c5-3-6-1-2-8-4(6)7/h1-2H,3H2. The Hall–Kier alpha value is 0.140. The second-order valence-corrected chi connectivity index (χ2v) is 3.04. The minimum atomic E-state index is 0.461. The second kappa shape index (κ2) is 2.62. The van der Waals surface area contributed by atoms with Crippen molar-refractivity contribution in [3.05, 3.63) is 15.5 Å². The fourth-order valence-corrected chi connectivity index (χ4v) is 1.60. The van der Waals surface area contributed by atoms with Crippen molar-refractivity contribution in [1.82, 2.24) is 4.57 Å². The second-order valence-electron chi connectivity index (χ2n) is 1.26. The van der Waals surface area contributed by atoms with Crippen LogP contribution in [0.2, 0.25) is 0 Å². The summed E-state index contributed by atoms with van der Waals surface area (Å²) in [6.07, 6.45) is 1.88. The molecule has 1 aromatic rings. The van der Waals surface area contributed by atoms with E-state index in [2.05, 4.69) is 0 Å². The molecule has 0 amide bonds. The Bertz CT molecular complexity index is 214. The molecule has 0 bridgehead atoms. The van der Waals surface area contributed by atoms with Crippen LogP contribution in [0.1, 0.15) is 0 Å². The van der Waals surface area contributed by atoms with Crippen molar-refractivity contribution in [2.45, 2.75) is 6.00 Å². The van der Waals surface area contributed by atoms with Crippen molar-refractivity contribution in [3.63, 3.8) is 0 Å². The minimum absolute atomic E-state index is 0.461. The van der Waals surface area contributed by atoms with E-state index in [9.17, 15) is 0 Å². The monoisotopic (exact) mass is 165 g/mol. The van der Waals surface area contributed by atoms with Crippen molar-refractivity contribution >= 4 is 35.2 Å². The van der Waals surface area contributed by atoms with Gasteiger partial charge in [-0.2, -0.15) is 0 Å². The maximum absolute atomic E-state index is 5.48. The van der Waals surface area contributed by atoms with Gasteiger partial charge in [-0.25, -0.2) is 0 Å². The number of alkyl halides is 1. The zero-order valence-electron chi connectivity index (χ0n) is 4.00. The number of hydrogen-bond acceptors (Lipinski definition) is 2. The van der Waals surface area contributed by atoms with Crippen molar-refractivity contribution < 1.29 is 0 Å². The summed E-state index contributed by atoms with van der Waals surface area (Å²) in [4.78, 5) is 0. The Morgan fingerprint density at radius 2 is 2.62 bits per heavy atom. The molecule has 1 aromatic heterocycles. The third-order valence-electron chi connectivity index (χ3n) is 0.773. The number of nitrogens with zero attached hydrogens (tertiary/aromatic N) is 1. The zero-order chi connectivity index (χ0) is 5.98. The van der Waals surface area contributed by atoms with Crippen molar-refractivity contribution in [3.8, 4) is 0 Å². The Balaban J connectivity index is 3.11. The lowest BCUT2D eigenvalue weighted by atomic mass is 10.9. The molecule has 0 atom stereocenters. The molecule has 0 N–H and O–H groups in total. The van der Waals surface area contributed by atoms with E-state index in [4.69, 9.17) is 23.8 Å². The molecule has 0 aliphatic rings. The van der Waals surface area contributed by atoms with E-state index in [0.717, 1.165) is 3.95 Å². The summed E-state index contributed by atoms with van der Waals surface area (Å²) in [7, 11) is 0. The molecule has 8 heavy (non-hydrogen) atoms. The molecule has 1 rings (SSSR count). The Morgan fingerprint density at radius 1 is 1.88 bits per heavy atom. The van der Waals surface area contributed by atoms with Crippen LogP contribution in [0.3, 0.4) is 0 Å². The molecule has 4 heteroatoms. The van der Waals surface area contributed by atoms with Crippen LogP contribution in [0, 0.1) is 3.95 Å². The van der Waals surface area contributed by atoms with Gasteiger partial charge < -0.3 is 4.57 Å². The van der Waals surface area contributed by atoms with Gasteiger partial charge in [0.15, 0.2) is 3.95 Å². The summed E-state index contributed by atoms with van der Waals surface area (Å²) in [5.74, 6) is 0. The van der Waals surface area contributed by atoms with Crippen molar-refractivity contribution in [1.29, 1.82) is 0 Å². The van der Waals surface area contributed by atoms with E-state index in [1.54, 1.807) is 0 Å². The third-order valence-corrected chi connectivity index (χ3v) is 2.25. The summed E-state index contributed by atoms with van der Waals surface area (Å²) < 4.78 is 2.64. The lowest BCUT2D eigenvalue weighted by molar-refractivity contribution is 0.886. The molecular weight excluding hydrogens is 162 g/mol. The quantitative estimate of drug-likeness (QED) is 0.457. The van der Waals surface area contributed by atoms with Crippen LogP contribution in [0.4, 0.5) is 0 Å². The Labute approximate surface area is 61.5 Å². The molecule has 0 aliphatic heterocycles. The number of rotatable bonds is 1. The van der Waals surface area contributed by atoms with Crippen LogP contribution in [-0.4, -0.2) is 4.57 Å². The number of halogens is 1. The molecule has 44 valence electrons. The minimum Gasteiger partial charge on any atom is -0.316 e. The smallest absolute Gasteiger partial charge is 0.162 e. The summed E-state index contributed by atoms with van der Waals surface area (Å²) in [5.41, 5.74) is 0. The average Bonchev–Trinajstić information content (AvgIpc) is 2.14. The van der Waals surface area contributed by atoms with Gasteiger partial charge in [0.05, 0.1) is 6.00 Å². The van der Waals surface area contributed by atoms with E-state index in [1.165, 1.54) is 11.3 Å². The van der Waals surface area contributed by atoms with E-state index in [0.29, 0.717) is 6.00 Å². The number of aromatic nitrogens is 1. The van der Waals surface area contributed by atoms with Gasteiger partial charge in [0.25, 0.3) is 0 Å². The van der Waals surface area contributed by atoms with Crippen molar-refractivity contribution in [2.24, 2.45) is 0 Å². The summed E-state index contributed by atoms with van der Waals surface area (Å²) in [5, 5.41) is 1.92. The predicted molar refractivity (Wildman–Crippen MR) is 39.0 cm³/mol. The first kappa shape index (κ1) is 6.26. The number of hydrogen-bond donors (Lipinski definition) is 0. The van der Waals surface area contributed by atoms with Crippen LogP contribution < -0.4 is 0 Å². The van der Waals surface area contributed by atoms with Crippen LogP contribution in [-0.2, 0) is 6.00 Å². The lowest BCUT2D eigenvalue weighted by Gasteiger charge is -1.87. The predicted octanol–water partition coefficient (Wildman–Crippen LogP) is 2.48. The SMILES string of the molecule is S=c1sccn1CCl. The van der Waals surface area contributed by atoms with E-state index < -0.39 is 0 Å². The van der Waals surface area contributed by atoms with E-state index >= 15 is 0 Å². The van der Waals surface area contributed by atoms with Gasteiger partial charge in [0.1, 0.15) is 0 Å². The van der Waals surface area contributed by atoms with Gasteiger partial charge in [-0.15, -0.1) is 22.9 Å². The van der Waals surface area contributed by atoms with Gasteiger partial charge in [-0.05, 0) is 12.2 Å². The summed E-state index contributed by atoms with van der Waals surface area (Å²) in [6.45, 7) is 0. The van der Waals surface area contributed by atoms with Crippen LogP contribution in [0.5, 0.6) is 0 Å². The van der Waals surface area contributed by atoms with Gasteiger partial charge >= 0.3 is 0 Å². The average molecular weight is 166 g/mol. The summed E-state index contributed by atoms with van der Waals surface area (Å²) >= 11 is 11.9. The lowest BCUT2D eigenvalue weighted by Crippen LogP contribution is -1.85. The molecule has 0 saturated carbocycles. The molecule has 0 fully saturated rings. The third kappa shape index (κ3) is 1.10. The van der Waals surface area contributed by atoms with Crippen LogP contribution in [0.25, 0.3) is 0 Å².